The van der Waals surface area contributed by atoms with Gasteiger partial charge in [-0.05, 0) is 32.1 Å². The Morgan fingerprint density at radius 1 is 1.30 bits per heavy atom. The van der Waals surface area contributed by atoms with Crippen molar-refractivity contribution in [2.24, 2.45) is 0 Å². The maximum absolute atomic E-state index is 10.3. The van der Waals surface area contributed by atoms with E-state index in [4.69, 9.17) is 0 Å². The summed E-state index contributed by atoms with van der Waals surface area (Å²) in [5.41, 5.74) is 0. The second kappa shape index (κ2) is 5.84. The van der Waals surface area contributed by atoms with Crippen LogP contribution in [0.15, 0.2) is 24.3 Å². The van der Waals surface area contributed by atoms with Gasteiger partial charge < -0.3 is 0 Å². The average molecular weight is 134 g/mol. The van der Waals surface area contributed by atoms with Crippen LogP contribution in [-0.4, -0.2) is 5.78 Å². The fourth-order valence-electron chi connectivity index (χ4n) is 0.339. The molecule has 0 spiro atoms. The zero-order valence-electron chi connectivity index (χ0n) is 6.22. The van der Waals surface area contributed by atoms with Crippen molar-refractivity contribution in [2.45, 2.75) is 13.8 Å². The Kier molecular flexibility index (Phi) is 5.09. The molecule has 0 aromatic rings. The van der Waals surface area contributed by atoms with Gasteiger partial charge in [-0.1, -0.05) is 17.9 Å². The first-order valence-electron chi connectivity index (χ1n) is 3.06. The Bertz CT molecular complexity index is 211. The Hall–Kier alpha value is -1.29. The van der Waals surface area contributed by atoms with Gasteiger partial charge in [0.05, 0.1) is 0 Å². The molecule has 0 aliphatic rings. The maximum Gasteiger partial charge on any atom is 0.153 e. The van der Waals surface area contributed by atoms with E-state index in [1.54, 1.807) is 12.2 Å². The topological polar surface area (TPSA) is 17.1 Å². The van der Waals surface area contributed by atoms with Crippen LogP contribution in [0.1, 0.15) is 13.8 Å². The van der Waals surface area contributed by atoms with Gasteiger partial charge in [0.1, 0.15) is 0 Å². The molecule has 1 nitrogen and oxygen atoms in total. The van der Waals surface area contributed by atoms with Gasteiger partial charge in [-0.15, -0.1) is 0 Å². The van der Waals surface area contributed by atoms with Gasteiger partial charge in [0.2, 0.25) is 0 Å². The quantitative estimate of drug-likeness (QED) is 0.394. The van der Waals surface area contributed by atoms with Crippen LogP contribution in [0.2, 0.25) is 0 Å². The molecule has 0 rings (SSSR count). The summed E-state index contributed by atoms with van der Waals surface area (Å²) in [5.74, 6) is 5.42. The van der Waals surface area contributed by atoms with E-state index in [9.17, 15) is 4.79 Å². The Labute approximate surface area is 61.4 Å². The second-order valence-electron chi connectivity index (χ2n) is 1.73. The fourth-order valence-corrected chi connectivity index (χ4v) is 0.339. The van der Waals surface area contributed by atoms with Crippen molar-refractivity contribution in [3.8, 4) is 11.8 Å². The summed E-state index contributed by atoms with van der Waals surface area (Å²) in [6, 6.07) is 0. The standard InChI is InChI=1S/C9H10O/c1-3-4-5-6-7-8-9(2)10/h3-4,7-8H,1-2H3/b4-3+,8-7+. The molecule has 0 heterocycles. The first kappa shape index (κ1) is 8.71. The fraction of sp³-hybridized carbons (Fsp3) is 0.222. The van der Waals surface area contributed by atoms with Crippen molar-refractivity contribution >= 4 is 5.78 Å². The molecule has 0 bridgehead atoms. The maximum atomic E-state index is 10.3. The van der Waals surface area contributed by atoms with E-state index in [2.05, 4.69) is 11.8 Å². The van der Waals surface area contributed by atoms with Gasteiger partial charge in [0, 0.05) is 0 Å². The molecule has 0 aliphatic carbocycles. The summed E-state index contributed by atoms with van der Waals surface area (Å²) < 4.78 is 0. The molecule has 0 radical (unpaired) electrons. The molecular weight excluding hydrogens is 124 g/mol. The van der Waals surface area contributed by atoms with Gasteiger partial charge in [0.15, 0.2) is 5.78 Å². The van der Waals surface area contributed by atoms with Crippen LogP contribution >= 0.6 is 0 Å². The average Bonchev–Trinajstić information content (AvgIpc) is 1.87. The largest absolute Gasteiger partial charge is 0.295 e. The Balaban J connectivity index is 3.75. The first-order chi connectivity index (χ1) is 4.77. The highest BCUT2D eigenvalue weighted by Gasteiger charge is 1.75. The zero-order chi connectivity index (χ0) is 7.82. The molecule has 0 unspecified atom stereocenters. The molecule has 1 heteroatoms. The molecule has 0 aromatic heterocycles. The van der Waals surface area contributed by atoms with Crippen molar-refractivity contribution in [3.63, 3.8) is 0 Å². The molecule has 0 aliphatic heterocycles. The van der Waals surface area contributed by atoms with Crippen molar-refractivity contribution in [3.05, 3.63) is 24.3 Å². The normalized spacial score (nSPS) is 9.80. The molecule has 0 aromatic carbocycles. The van der Waals surface area contributed by atoms with Crippen LogP contribution in [0.5, 0.6) is 0 Å². The second-order valence-corrected chi connectivity index (χ2v) is 1.73. The van der Waals surface area contributed by atoms with Crippen LogP contribution in [0, 0.1) is 11.8 Å². The molecule has 0 N–H and O–H groups in total. The SMILES string of the molecule is C/C=C/C#C/C=C/C(C)=O. The summed E-state index contributed by atoms with van der Waals surface area (Å²) in [6.07, 6.45) is 6.55. The number of carbonyl (C=O) groups excluding carboxylic acids is 1. The lowest BCUT2D eigenvalue weighted by Gasteiger charge is -1.70. The third kappa shape index (κ3) is 6.71. The number of hydrogen-bond donors (Lipinski definition) is 0. The Morgan fingerprint density at radius 3 is 2.40 bits per heavy atom. The molecule has 0 fully saturated rings. The number of carbonyl (C=O) groups is 1. The predicted octanol–water partition coefficient (Wildman–Crippen LogP) is 1.71. The van der Waals surface area contributed by atoms with Gasteiger partial charge in [-0.2, -0.15) is 0 Å². The third-order valence-corrected chi connectivity index (χ3v) is 0.735. The van der Waals surface area contributed by atoms with Gasteiger partial charge in [-0.3, -0.25) is 4.79 Å². The molecule has 52 valence electrons. The van der Waals surface area contributed by atoms with Crippen LogP contribution in [0.3, 0.4) is 0 Å². The van der Waals surface area contributed by atoms with E-state index in [0.717, 1.165) is 0 Å². The highest BCUT2D eigenvalue weighted by Crippen LogP contribution is 1.72. The van der Waals surface area contributed by atoms with Crippen LogP contribution in [-0.2, 0) is 4.79 Å². The molecule has 0 atom stereocenters. The van der Waals surface area contributed by atoms with E-state index in [1.165, 1.54) is 13.0 Å². The van der Waals surface area contributed by atoms with Crippen molar-refractivity contribution in [1.29, 1.82) is 0 Å². The van der Waals surface area contributed by atoms with Gasteiger partial charge >= 0.3 is 0 Å². The number of hydrogen-bond acceptors (Lipinski definition) is 1. The summed E-state index contributed by atoms with van der Waals surface area (Å²) in [6.45, 7) is 3.39. The summed E-state index contributed by atoms with van der Waals surface area (Å²) in [5, 5.41) is 0. The van der Waals surface area contributed by atoms with E-state index >= 15 is 0 Å². The zero-order valence-corrected chi connectivity index (χ0v) is 6.22. The van der Waals surface area contributed by atoms with Crippen molar-refractivity contribution in [1.82, 2.24) is 0 Å². The van der Waals surface area contributed by atoms with E-state index in [-0.39, 0.29) is 5.78 Å². The molecular formula is C9H10O. The number of ketones is 1. The summed E-state index contributed by atoms with van der Waals surface area (Å²) in [7, 11) is 0. The van der Waals surface area contributed by atoms with E-state index in [0.29, 0.717) is 0 Å². The van der Waals surface area contributed by atoms with Crippen LogP contribution < -0.4 is 0 Å². The highest BCUT2D eigenvalue weighted by atomic mass is 16.1. The van der Waals surface area contributed by atoms with Crippen molar-refractivity contribution < 1.29 is 4.79 Å². The number of rotatable bonds is 1. The van der Waals surface area contributed by atoms with Crippen molar-refractivity contribution in [2.75, 3.05) is 0 Å². The van der Waals surface area contributed by atoms with Gasteiger partial charge in [-0.25, -0.2) is 0 Å². The van der Waals surface area contributed by atoms with Crippen LogP contribution in [0.4, 0.5) is 0 Å². The first-order valence-corrected chi connectivity index (χ1v) is 3.06. The van der Waals surface area contributed by atoms with Crippen LogP contribution in [0.25, 0.3) is 0 Å². The van der Waals surface area contributed by atoms with E-state index < -0.39 is 0 Å². The minimum absolute atomic E-state index is 0.0229. The van der Waals surface area contributed by atoms with E-state index in [1.807, 2.05) is 13.0 Å². The third-order valence-electron chi connectivity index (χ3n) is 0.735. The lowest BCUT2D eigenvalue weighted by Crippen LogP contribution is -1.77. The minimum atomic E-state index is 0.0229. The summed E-state index contributed by atoms with van der Waals surface area (Å²) in [4.78, 5) is 10.3. The highest BCUT2D eigenvalue weighted by molar-refractivity contribution is 5.87. The predicted molar refractivity (Wildman–Crippen MR) is 42.4 cm³/mol. The lowest BCUT2D eigenvalue weighted by molar-refractivity contribution is -0.112. The number of allylic oxidation sites excluding steroid dienone is 4. The molecule has 10 heavy (non-hydrogen) atoms. The molecule has 0 saturated carbocycles. The molecule has 0 saturated heterocycles. The smallest absolute Gasteiger partial charge is 0.153 e. The lowest BCUT2D eigenvalue weighted by atomic mass is 10.4. The van der Waals surface area contributed by atoms with Gasteiger partial charge in [0.25, 0.3) is 0 Å². The minimum Gasteiger partial charge on any atom is -0.295 e. The monoisotopic (exact) mass is 134 g/mol. The summed E-state index contributed by atoms with van der Waals surface area (Å²) >= 11 is 0. The Morgan fingerprint density at radius 2 is 1.90 bits per heavy atom. The molecule has 0 amide bonds.